The lowest BCUT2D eigenvalue weighted by atomic mass is 10.3. The molecular weight excluding hydrogens is 381 g/mol. The maximum Gasteiger partial charge on any atom is 0.274 e. The molecule has 1 aromatic carbocycles. The zero-order valence-electron chi connectivity index (χ0n) is 7.70. The Bertz CT molecular complexity index is 385. The molecule has 0 aliphatic rings. The first-order valence-electron chi connectivity index (χ1n) is 3.81. The quantitative estimate of drug-likeness (QED) is 0.345. The van der Waals surface area contributed by atoms with Crippen molar-refractivity contribution in [3.05, 3.63) is 30.3 Å². The lowest BCUT2D eigenvalue weighted by Gasteiger charge is -2.07. The van der Waals surface area contributed by atoms with Crippen LogP contribution in [0.5, 0.6) is 5.75 Å². The predicted octanol–water partition coefficient (Wildman–Crippen LogP) is 2.94. The standard InChI is InChI=1S/C8H7BrINO4/c1-14-4-15-7-3-5(11(12)13)2-6(9)8(7)10/h2-3H,4H2,1H3. The first-order valence-corrected chi connectivity index (χ1v) is 5.68. The molecule has 0 heterocycles. The normalized spacial score (nSPS) is 10.1. The van der Waals surface area contributed by atoms with E-state index in [9.17, 15) is 10.1 Å². The topological polar surface area (TPSA) is 61.6 Å². The first kappa shape index (κ1) is 12.7. The van der Waals surface area contributed by atoms with Gasteiger partial charge in [-0.2, -0.15) is 0 Å². The Morgan fingerprint density at radius 1 is 1.60 bits per heavy atom. The summed E-state index contributed by atoms with van der Waals surface area (Å²) in [6.07, 6.45) is 0. The third kappa shape index (κ3) is 3.28. The van der Waals surface area contributed by atoms with Crippen molar-refractivity contribution in [1.82, 2.24) is 0 Å². The van der Waals surface area contributed by atoms with Crippen LogP contribution in [0.25, 0.3) is 0 Å². The molecule has 7 heteroatoms. The monoisotopic (exact) mass is 387 g/mol. The van der Waals surface area contributed by atoms with Gasteiger partial charge >= 0.3 is 0 Å². The molecule has 0 bridgehead atoms. The van der Waals surface area contributed by atoms with Crippen LogP contribution in [-0.4, -0.2) is 18.8 Å². The Labute approximate surface area is 108 Å². The highest BCUT2D eigenvalue weighted by Crippen LogP contribution is 2.33. The van der Waals surface area contributed by atoms with Crippen LogP contribution in [0.1, 0.15) is 0 Å². The van der Waals surface area contributed by atoms with E-state index in [4.69, 9.17) is 9.47 Å². The molecule has 0 spiro atoms. The van der Waals surface area contributed by atoms with Crippen LogP contribution in [-0.2, 0) is 4.74 Å². The van der Waals surface area contributed by atoms with Crippen LogP contribution in [0.3, 0.4) is 0 Å². The lowest BCUT2D eigenvalue weighted by molar-refractivity contribution is -0.385. The maximum atomic E-state index is 10.6. The van der Waals surface area contributed by atoms with Crippen molar-refractivity contribution in [2.45, 2.75) is 0 Å². The van der Waals surface area contributed by atoms with E-state index in [1.165, 1.54) is 19.2 Å². The van der Waals surface area contributed by atoms with Gasteiger partial charge in [0, 0.05) is 17.6 Å². The average Bonchev–Trinajstić information content (AvgIpc) is 2.19. The van der Waals surface area contributed by atoms with Crippen molar-refractivity contribution >= 4 is 44.2 Å². The number of non-ortho nitro benzene ring substituents is 1. The van der Waals surface area contributed by atoms with Crippen molar-refractivity contribution < 1.29 is 14.4 Å². The zero-order valence-corrected chi connectivity index (χ0v) is 11.4. The summed E-state index contributed by atoms with van der Waals surface area (Å²) >= 11 is 5.26. The van der Waals surface area contributed by atoms with Gasteiger partial charge < -0.3 is 9.47 Å². The number of hydrogen-bond donors (Lipinski definition) is 0. The van der Waals surface area contributed by atoms with Gasteiger partial charge in [-0.15, -0.1) is 0 Å². The molecule has 0 aliphatic heterocycles. The van der Waals surface area contributed by atoms with Crippen LogP contribution in [0.4, 0.5) is 5.69 Å². The third-order valence-corrected chi connectivity index (χ3v) is 4.00. The number of hydrogen-bond acceptors (Lipinski definition) is 4. The lowest BCUT2D eigenvalue weighted by Crippen LogP contribution is -2.01. The van der Waals surface area contributed by atoms with Crippen molar-refractivity contribution in [1.29, 1.82) is 0 Å². The molecule has 0 radical (unpaired) electrons. The van der Waals surface area contributed by atoms with Gasteiger partial charge in [-0.05, 0) is 38.5 Å². The molecule has 0 amide bonds. The second kappa shape index (κ2) is 5.61. The van der Waals surface area contributed by atoms with Crippen molar-refractivity contribution in [3.63, 3.8) is 0 Å². The summed E-state index contributed by atoms with van der Waals surface area (Å²) in [7, 11) is 1.49. The van der Waals surface area contributed by atoms with Gasteiger partial charge in [-0.25, -0.2) is 0 Å². The van der Waals surface area contributed by atoms with Gasteiger partial charge in [0.05, 0.1) is 14.6 Å². The number of nitrogens with zero attached hydrogens (tertiary/aromatic N) is 1. The van der Waals surface area contributed by atoms with Crippen molar-refractivity contribution in [2.24, 2.45) is 0 Å². The number of nitro benzene ring substituents is 1. The van der Waals surface area contributed by atoms with Gasteiger partial charge in [0.2, 0.25) is 0 Å². The number of benzene rings is 1. The molecule has 0 aliphatic carbocycles. The summed E-state index contributed by atoms with van der Waals surface area (Å²) in [5, 5.41) is 10.6. The fourth-order valence-corrected chi connectivity index (χ4v) is 1.78. The van der Waals surface area contributed by atoms with E-state index in [1.54, 1.807) is 0 Å². The van der Waals surface area contributed by atoms with Crippen LogP contribution in [0, 0.1) is 13.7 Å². The summed E-state index contributed by atoms with van der Waals surface area (Å²) in [6, 6.07) is 2.80. The van der Waals surface area contributed by atoms with Crippen LogP contribution >= 0.6 is 38.5 Å². The summed E-state index contributed by atoms with van der Waals surface area (Å²) < 4.78 is 11.3. The molecule has 1 aromatic rings. The van der Waals surface area contributed by atoms with Crippen molar-refractivity contribution in [3.8, 4) is 5.75 Å². The Balaban J connectivity index is 3.07. The SMILES string of the molecule is COCOc1cc([N+](=O)[O-])cc(Br)c1I. The Hall–Kier alpha value is -0.410. The van der Waals surface area contributed by atoms with Gasteiger partial charge in [-0.3, -0.25) is 10.1 Å². The van der Waals surface area contributed by atoms with E-state index >= 15 is 0 Å². The second-order valence-corrected chi connectivity index (χ2v) is 4.48. The molecule has 0 atom stereocenters. The largest absolute Gasteiger partial charge is 0.466 e. The fourth-order valence-electron chi connectivity index (χ4n) is 0.883. The van der Waals surface area contributed by atoms with Gasteiger partial charge in [0.25, 0.3) is 5.69 Å². The molecule has 0 unspecified atom stereocenters. The molecule has 5 nitrogen and oxygen atoms in total. The maximum absolute atomic E-state index is 10.6. The molecule has 0 N–H and O–H groups in total. The minimum atomic E-state index is -0.472. The molecule has 15 heavy (non-hydrogen) atoms. The van der Waals surface area contributed by atoms with Crippen LogP contribution < -0.4 is 4.74 Å². The highest BCUT2D eigenvalue weighted by molar-refractivity contribution is 14.1. The van der Waals surface area contributed by atoms with Gasteiger partial charge in [-0.1, -0.05) is 0 Å². The van der Waals surface area contributed by atoms with E-state index in [0.29, 0.717) is 10.2 Å². The second-order valence-electron chi connectivity index (χ2n) is 2.55. The highest BCUT2D eigenvalue weighted by atomic mass is 127. The Morgan fingerprint density at radius 2 is 2.27 bits per heavy atom. The average molecular weight is 388 g/mol. The summed E-state index contributed by atoms with van der Waals surface area (Å²) in [5.41, 5.74) is -0.0200. The van der Waals surface area contributed by atoms with E-state index in [0.717, 1.165) is 3.57 Å². The predicted molar refractivity (Wildman–Crippen MR) is 66.0 cm³/mol. The zero-order chi connectivity index (χ0) is 11.4. The van der Waals surface area contributed by atoms with Crippen LogP contribution in [0.15, 0.2) is 16.6 Å². The summed E-state index contributed by atoms with van der Waals surface area (Å²) in [6.45, 7) is 0.0591. The number of halogens is 2. The Morgan fingerprint density at radius 3 is 2.80 bits per heavy atom. The smallest absolute Gasteiger partial charge is 0.274 e. The molecule has 0 fully saturated rings. The minimum absolute atomic E-state index is 0.0200. The number of ether oxygens (including phenoxy) is 2. The summed E-state index contributed by atoms with van der Waals surface area (Å²) in [4.78, 5) is 10.1. The summed E-state index contributed by atoms with van der Waals surface area (Å²) in [5.74, 6) is 0.429. The molecule has 0 saturated heterocycles. The Kier molecular flexibility index (Phi) is 4.74. The van der Waals surface area contributed by atoms with Gasteiger partial charge in [0.15, 0.2) is 6.79 Å². The van der Waals surface area contributed by atoms with E-state index in [2.05, 4.69) is 15.9 Å². The number of methoxy groups -OCH3 is 1. The highest BCUT2D eigenvalue weighted by Gasteiger charge is 2.14. The third-order valence-electron chi connectivity index (χ3n) is 1.52. The number of nitro groups is 1. The van der Waals surface area contributed by atoms with Crippen molar-refractivity contribution in [2.75, 3.05) is 13.9 Å². The number of rotatable bonds is 4. The van der Waals surface area contributed by atoms with E-state index < -0.39 is 4.92 Å². The first-order chi connectivity index (χ1) is 7.06. The molecule has 82 valence electrons. The fraction of sp³-hybridized carbons (Fsp3) is 0.250. The van der Waals surface area contributed by atoms with E-state index in [1.807, 2.05) is 22.6 Å². The molecule has 0 aromatic heterocycles. The molecular formula is C8H7BrINO4. The van der Waals surface area contributed by atoms with Gasteiger partial charge in [0.1, 0.15) is 5.75 Å². The van der Waals surface area contributed by atoms with Crippen LogP contribution in [0.2, 0.25) is 0 Å². The molecule has 1 rings (SSSR count). The molecule has 0 saturated carbocycles. The van der Waals surface area contributed by atoms with E-state index in [-0.39, 0.29) is 12.5 Å². The minimum Gasteiger partial charge on any atom is -0.466 e.